The maximum absolute atomic E-state index is 12.0. The molecule has 0 fully saturated rings. The number of carbonyl (C=O) groups is 2. The van der Waals surface area contributed by atoms with Crippen LogP contribution in [0.5, 0.6) is 0 Å². The average Bonchev–Trinajstić information content (AvgIpc) is 2.60. The van der Waals surface area contributed by atoms with Gasteiger partial charge in [-0.2, -0.15) is 0 Å². The minimum atomic E-state index is -0.822. The van der Waals surface area contributed by atoms with Crippen molar-refractivity contribution in [1.82, 2.24) is 0 Å². The molecule has 0 spiro atoms. The SMILES string of the molecule is CCN(CC)c1ccc(NC(=O)C(=O)Nc2cc(Cl)ccc2Cl)cc1. The van der Waals surface area contributed by atoms with Crippen molar-refractivity contribution in [2.45, 2.75) is 13.8 Å². The van der Waals surface area contributed by atoms with Gasteiger partial charge in [-0.05, 0) is 56.3 Å². The summed E-state index contributed by atoms with van der Waals surface area (Å²) in [6.07, 6.45) is 0. The Bertz CT molecular complexity index is 759. The fraction of sp³-hybridized carbons (Fsp3) is 0.222. The summed E-state index contributed by atoms with van der Waals surface area (Å²) < 4.78 is 0. The van der Waals surface area contributed by atoms with Crippen molar-refractivity contribution in [1.29, 1.82) is 0 Å². The lowest BCUT2D eigenvalue weighted by molar-refractivity contribution is -0.132. The van der Waals surface area contributed by atoms with E-state index < -0.39 is 11.8 Å². The first-order valence-electron chi connectivity index (χ1n) is 7.87. The van der Waals surface area contributed by atoms with Crippen LogP contribution in [0.4, 0.5) is 17.1 Å². The number of nitrogens with zero attached hydrogens (tertiary/aromatic N) is 1. The summed E-state index contributed by atoms with van der Waals surface area (Å²) in [7, 11) is 0. The van der Waals surface area contributed by atoms with Crippen molar-refractivity contribution >= 4 is 52.1 Å². The molecule has 0 saturated heterocycles. The minimum absolute atomic E-state index is 0.284. The molecule has 0 aromatic heterocycles. The molecule has 2 amide bonds. The van der Waals surface area contributed by atoms with Crippen molar-refractivity contribution in [3.8, 4) is 0 Å². The first-order valence-corrected chi connectivity index (χ1v) is 8.62. The standard InChI is InChI=1S/C18H19Cl2N3O2/c1-3-23(4-2)14-8-6-13(7-9-14)21-17(24)18(25)22-16-11-12(19)5-10-15(16)20/h5-11H,3-4H2,1-2H3,(H,21,24)(H,22,25). The zero-order valence-corrected chi connectivity index (χ0v) is 15.5. The van der Waals surface area contributed by atoms with E-state index in [1.165, 1.54) is 6.07 Å². The number of nitrogens with one attached hydrogen (secondary N) is 2. The smallest absolute Gasteiger partial charge is 0.314 e. The second kappa shape index (κ2) is 8.74. The molecule has 2 aromatic carbocycles. The normalized spacial score (nSPS) is 10.2. The number of hydrogen-bond acceptors (Lipinski definition) is 3. The Morgan fingerprint density at radius 2 is 1.52 bits per heavy atom. The molecular formula is C18H19Cl2N3O2. The minimum Gasteiger partial charge on any atom is -0.372 e. The van der Waals surface area contributed by atoms with Crippen molar-refractivity contribution in [2.75, 3.05) is 28.6 Å². The van der Waals surface area contributed by atoms with Gasteiger partial charge >= 0.3 is 11.8 Å². The first-order chi connectivity index (χ1) is 11.9. The van der Waals surface area contributed by atoms with Gasteiger partial charge in [-0.1, -0.05) is 23.2 Å². The second-order valence-electron chi connectivity index (χ2n) is 5.25. The van der Waals surface area contributed by atoms with Gasteiger partial charge < -0.3 is 15.5 Å². The Labute approximate surface area is 156 Å². The molecule has 5 nitrogen and oxygen atoms in total. The van der Waals surface area contributed by atoms with Crippen LogP contribution in [0.15, 0.2) is 42.5 Å². The van der Waals surface area contributed by atoms with E-state index in [4.69, 9.17) is 23.2 Å². The quantitative estimate of drug-likeness (QED) is 0.755. The summed E-state index contributed by atoms with van der Waals surface area (Å²) in [5.41, 5.74) is 1.87. The summed E-state index contributed by atoms with van der Waals surface area (Å²) in [5.74, 6) is -1.61. The first kappa shape index (κ1) is 19.1. The highest BCUT2D eigenvalue weighted by atomic mass is 35.5. The third kappa shape index (κ3) is 5.11. The molecule has 0 aliphatic rings. The Balaban J connectivity index is 2.01. The van der Waals surface area contributed by atoms with Crippen LogP contribution < -0.4 is 15.5 Å². The van der Waals surface area contributed by atoms with Crippen LogP contribution in [-0.2, 0) is 9.59 Å². The molecule has 0 aliphatic carbocycles. The summed E-state index contributed by atoms with van der Waals surface area (Å²) in [4.78, 5) is 26.2. The molecule has 132 valence electrons. The Morgan fingerprint density at radius 1 is 0.920 bits per heavy atom. The summed E-state index contributed by atoms with van der Waals surface area (Å²) in [5, 5.41) is 5.71. The van der Waals surface area contributed by atoms with E-state index in [1.54, 1.807) is 24.3 Å². The van der Waals surface area contributed by atoms with E-state index in [0.29, 0.717) is 15.7 Å². The lowest BCUT2D eigenvalue weighted by atomic mass is 10.2. The van der Waals surface area contributed by atoms with Crippen LogP contribution in [0.1, 0.15) is 13.8 Å². The molecule has 0 heterocycles. The zero-order chi connectivity index (χ0) is 18.4. The van der Waals surface area contributed by atoms with Gasteiger partial charge in [-0.15, -0.1) is 0 Å². The fourth-order valence-electron chi connectivity index (χ4n) is 2.30. The molecule has 2 N–H and O–H groups in total. The van der Waals surface area contributed by atoms with Crippen LogP contribution in [0.2, 0.25) is 10.0 Å². The van der Waals surface area contributed by atoms with Gasteiger partial charge in [-0.25, -0.2) is 0 Å². The molecule has 0 unspecified atom stereocenters. The summed E-state index contributed by atoms with van der Waals surface area (Å²) in [6.45, 7) is 5.94. The predicted molar refractivity (Wildman–Crippen MR) is 104 cm³/mol. The van der Waals surface area contributed by atoms with Crippen molar-refractivity contribution < 1.29 is 9.59 Å². The van der Waals surface area contributed by atoms with Gasteiger partial charge in [0.05, 0.1) is 10.7 Å². The van der Waals surface area contributed by atoms with Crippen LogP contribution >= 0.6 is 23.2 Å². The molecule has 2 aromatic rings. The van der Waals surface area contributed by atoms with Gasteiger partial charge in [0.25, 0.3) is 0 Å². The Hall–Kier alpha value is -2.24. The van der Waals surface area contributed by atoms with E-state index >= 15 is 0 Å². The van der Waals surface area contributed by atoms with E-state index in [0.717, 1.165) is 18.8 Å². The van der Waals surface area contributed by atoms with E-state index in [1.807, 2.05) is 12.1 Å². The predicted octanol–water partition coefficient (Wildman–Crippen LogP) is 4.42. The Morgan fingerprint density at radius 3 is 2.12 bits per heavy atom. The third-order valence-corrected chi connectivity index (χ3v) is 4.20. The number of anilines is 3. The number of carbonyl (C=O) groups excluding carboxylic acids is 2. The highest BCUT2D eigenvalue weighted by Gasteiger charge is 2.16. The van der Waals surface area contributed by atoms with Crippen molar-refractivity contribution in [2.24, 2.45) is 0 Å². The lowest BCUT2D eigenvalue weighted by Crippen LogP contribution is -2.29. The van der Waals surface area contributed by atoms with E-state index in [-0.39, 0.29) is 5.69 Å². The molecule has 25 heavy (non-hydrogen) atoms. The number of rotatable bonds is 5. The molecule has 0 atom stereocenters. The lowest BCUT2D eigenvalue weighted by Gasteiger charge is -2.21. The van der Waals surface area contributed by atoms with Crippen LogP contribution in [0, 0.1) is 0 Å². The van der Waals surface area contributed by atoms with Gasteiger partial charge in [-0.3, -0.25) is 9.59 Å². The monoisotopic (exact) mass is 379 g/mol. The number of benzene rings is 2. The highest BCUT2D eigenvalue weighted by Crippen LogP contribution is 2.25. The fourth-order valence-corrected chi connectivity index (χ4v) is 2.64. The molecule has 0 aliphatic heterocycles. The van der Waals surface area contributed by atoms with Gasteiger partial charge in [0.15, 0.2) is 0 Å². The van der Waals surface area contributed by atoms with Gasteiger partial charge in [0.1, 0.15) is 0 Å². The van der Waals surface area contributed by atoms with E-state index in [9.17, 15) is 9.59 Å². The largest absolute Gasteiger partial charge is 0.372 e. The van der Waals surface area contributed by atoms with Crippen LogP contribution in [-0.4, -0.2) is 24.9 Å². The molecular weight excluding hydrogens is 361 g/mol. The number of halogens is 2. The summed E-state index contributed by atoms with van der Waals surface area (Å²) in [6, 6.07) is 11.9. The van der Waals surface area contributed by atoms with Crippen LogP contribution in [0.3, 0.4) is 0 Å². The van der Waals surface area contributed by atoms with Crippen LogP contribution in [0.25, 0.3) is 0 Å². The summed E-state index contributed by atoms with van der Waals surface area (Å²) >= 11 is 11.8. The molecule has 2 rings (SSSR count). The van der Waals surface area contributed by atoms with Gasteiger partial charge in [0, 0.05) is 29.5 Å². The second-order valence-corrected chi connectivity index (χ2v) is 6.10. The van der Waals surface area contributed by atoms with Crippen molar-refractivity contribution in [3.63, 3.8) is 0 Å². The molecule has 0 radical (unpaired) electrons. The number of amides is 2. The molecule has 7 heteroatoms. The Kier molecular flexibility index (Phi) is 6.67. The third-order valence-electron chi connectivity index (χ3n) is 3.64. The maximum Gasteiger partial charge on any atom is 0.314 e. The molecule has 0 bridgehead atoms. The topological polar surface area (TPSA) is 61.4 Å². The van der Waals surface area contributed by atoms with Gasteiger partial charge in [0.2, 0.25) is 0 Å². The number of hydrogen-bond donors (Lipinski definition) is 2. The maximum atomic E-state index is 12.0. The van der Waals surface area contributed by atoms with Crippen molar-refractivity contribution in [3.05, 3.63) is 52.5 Å². The zero-order valence-electron chi connectivity index (χ0n) is 14.0. The highest BCUT2D eigenvalue weighted by molar-refractivity contribution is 6.45. The average molecular weight is 380 g/mol. The van der Waals surface area contributed by atoms with E-state index in [2.05, 4.69) is 29.4 Å². The molecule has 0 saturated carbocycles.